The van der Waals surface area contributed by atoms with E-state index in [4.69, 9.17) is 10.5 Å². The van der Waals surface area contributed by atoms with Gasteiger partial charge >= 0.3 is 0 Å². The van der Waals surface area contributed by atoms with Gasteiger partial charge in [0.25, 0.3) is 0 Å². The Bertz CT molecular complexity index is 321. The van der Waals surface area contributed by atoms with E-state index in [2.05, 4.69) is 5.32 Å². The van der Waals surface area contributed by atoms with E-state index in [1.807, 2.05) is 0 Å². The van der Waals surface area contributed by atoms with Gasteiger partial charge in [-0.15, -0.1) is 0 Å². The molecule has 5 atom stereocenters. The fourth-order valence-corrected chi connectivity index (χ4v) is 4.79. The van der Waals surface area contributed by atoms with E-state index in [1.54, 1.807) is 0 Å². The lowest BCUT2D eigenvalue weighted by molar-refractivity contribution is -0.122. The molecule has 3 aliphatic rings. The first kappa shape index (κ1) is 12.4. The maximum absolute atomic E-state index is 10.5. The monoisotopic (exact) mass is 252 g/mol. The standard InChI is InChI=1S/C14H24N2O2/c15-14(17)8-18-5-4-16-13-7-9-6-12(13)11-3-1-2-10(9)11/h9-13,16H,1-8H2,(H2,15,17). The van der Waals surface area contributed by atoms with Crippen molar-refractivity contribution in [2.75, 3.05) is 19.8 Å². The zero-order valence-corrected chi connectivity index (χ0v) is 10.9. The molecule has 18 heavy (non-hydrogen) atoms. The number of nitrogens with two attached hydrogens (primary N) is 1. The van der Waals surface area contributed by atoms with Gasteiger partial charge in [0.2, 0.25) is 5.91 Å². The molecular formula is C14H24N2O2. The van der Waals surface area contributed by atoms with Crippen LogP contribution in [-0.4, -0.2) is 31.7 Å². The Labute approximate surface area is 109 Å². The first-order valence-corrected chi connectivity index (χ1v) is 7.35. The van der Waals surface area contributed by atoms with E-state index in [-0.39, 0.29) is 12.5 Å². The molecule has 0 spiro atoms. The van der Waals surface area contributed by atoms with Crippen molar-refractivity contribution in [3.63, 3.8) is 0 Å². The molecule has 3 saturated carbocycles. The maximum Gasteiger partial charge on any atom is 0.243 e. The van der Waals surface area contributed by atoms with Gasteiger partial charge in [-0.2, -0.15) is 0 Å². The highest BCUT2D eigenvalue weighted by molar-refractivity contribution is 5.74. The number of primary amides is 1. The van der Waals surface area contributed by atoms with Gasteiger partial charge in [-0.25, -0.2) is 0 Å². The number of hydrogen-bond donors (Lipinski definition) is 2. The molecule has 3 N–H and O–H groups in total. The second kappa shape index (κ2) is 5.17. The summed E-state index contributed by atoms with van der Waals surface area (Å²) in [6.45, 7) is 1.48. The minimum Gasteiger partial charge on any atom is -0.370 e. The second-order valence-electron chi connectivity index (χ2n) is 6.23. The predicted octanol–water partition coefficient (Wildman–Crippen LogP) is 0.903. The van der Waals surface area contributed by atoms with E-state index >= 15 is 0 Å². The number of carbonyl (C=O) groups is 1. The van der Waals surface area contributed by atoms with Gasteiger partial charge in [0, 0.05) is 12.6 Å². The van der Waals surface area contributed by atoms with Crippen molar-refractivity contribution >= 4 is 5.91 Å². The molecule has 0 aromatic heterocycles. The number of carbonyl (C=O) groups excluding carboxylic acids is 1. The van der Waals surface area contributed by atoms with Gasteiger partial charge < -0.3 is 15.8 Å². The molecule has 0 saturated heterocycles. The third kappa shape index (κ3) is 2.28. The molecule has 4 nitrogen and oxygen atoms in total. The van der Waals surface area contributed by atoms with E-state index < -0.39 is 0 Å². The van der Waals surface area contributed by atoms with Crippen molar-refractivity contribution in [1.82, 2.24) is 5.32 Å². The lowest BCUT2D eigenvalue weighted by Gasteiger charge is -2.32. The summed E-state index contributed by atoms with van der Waals surface area (Å²) in [6, 6.07) is 0.700. The lowest BCUT2D eigenvalue weighted by Crippen LogP contribution is -2.40. The minimum atomic E-state index is -0.385. The topological polar surface area (TPSA) is 64.4 Å². The van der Waals surface area contributed by atoms with Gasteiger partial charge in [-0.1, -0.05) is 6.42 Å². The molecule has 0 aromatic carbocycles. The highest BCUT2D eigenvalue weighted by Gasteiger charge is 2.53. The fourth-order valence-electron chi connectivity index (χ4n) is 4.79. The van der Waals surface area contributed by atoms with Crippen molar-refractivity contribution in [3.8, 4) is 0 Å². The number of amides is 1. The van der Waals surface area contributed by atoms with Crippen molar-refractivity contribution in [2.45, 2.75) is 38.1 Å². The molecular weight excluding hydrogens is 228 g/mol. The van der Waals surface area contributed by atoms with Crippen LogP contribution < -0.4 is 11.1 Å². The van der Waals surface area contributed by atoms with Crippen LogP contribution in [-0.2, 0) is 9.53 Å². The Morgan fingerprint density at radius 3 is 2.89 bits per heavy atom. The van der Waals surface area contributed by atoms with Crippen LogP contribution in [0.1, 0.15) is 32.1 Å². The summed E-state index contributed by atoms with van der Waals surface area (Å²) in [6.07, 6.45) is 7.22. The molecule has 3 aliphatic carbocycles. The van der Waals surface area contributed by atoms with Crippen molar-refractivity contribution in [3.05, 3.63) is 0 Å². The van der Waals surface area contributed by atoms with E-state index in [0.29, 0.717) is 12.6 Å². The van der Waals surface area contributed by atoms with Gasteiger partial charge in [0.05, 0.1) is 6.61 Å². The molecule has 102 valence electrons. The molecule has 0 aromatic rings. The van der Waals surface area contributed by atoms with Gasteiger partial charge in [0.1, 0.15) is 6.61 Å². The van der Waals surface area contributed by atoms with Crippen LogP contribution in [0.4, 0.5) is 0 Å². The van der Waals surface area contributed by atoms with Crippen molar-refractivity contribution < 1.29 is 9.53 Å². The average molecular weight is 252 g/mol. The summed E-state index contributed by atoms with van der Waals surface area (Å²) >= 11 is 0. The zero-order chi connectivity index (χ0) is 12.5. The van der Waals surface area contributed by atoms with Crippen molar-refractivity contribution in [1.29, 1.82) is 0 Å². The number of fused-ring (bicyclic) bond motifs is 5. The Balaban J connectivity index is 1.39. The van der Waals surface area contributed by atoms with Gasteiger partial charge in [-0.05, 0) is 49.4 Å². The largest absolute Gasteiger partial charge is 0.370 e. The molecule has 0 aliphatic heterocycles. The summed E-state index contributed by atoms with van der Waals surface area (Å²) in [5.74, 6) is 3.58. The lowest BCUT2D eigenvalue weighted by atomic mass is 9.79. The summed E-state index contributed by atoms with van der Waals surface area (Å²) in [5, 5.41) is 3.62. The zero-order valence-electron chi connectivity index (χ0n) is 10.9. The molecule has 4 heteroatoms. The smallest absolute Gasteiger partial charge is 0.243 e. The Morgan fingerprint density at radius 1 is 1.22 bits per heavy atom. The van der Waals surface area contributed by atoms with Gasteiger partial charge in [-0.3, -0.25) is 4.79 Å². The number of hydrogen-bond acceptors (Lipinski definition) is 3. The summed E-state index contributed by atoms with van der Waals surface area (Å²) in [7, 11) is 0. The highest BCUT2D eigenvalue weighted by atomic mass is 16.5. The van der Waals surface area contributed by atoms with Crippen LogP contribution in [0.3, 0.4) is 0 Å². The quantitative estimate of drug-likeness (QED) is 0.690. The Kier molecular flexibility index (Phi) is 3.57. The highest BCUT2D eigenvalue weighted by Crippen LogP contribution is 2.58. The number of rotatable bonds is 6. The first-order valence-electron chi connectivity index (χ1n) is 7.35. The number of ether oxygens (including phenoxy) is 1. The minimum absolute atomic E-state index is 0.0447. The van der Waals surface area contributed by atoms with E-state index in [9.17, 15) is 4.79 Å². The summed E-state index contributed by atoms with van der Waals surface area (Å²) in [5.41, 5.74) is 5.02. The second-order valence-corrected chi connectivity index (χ2v) is 6.23. The maximum atomic E-state index is 10.5. The third-order valence-corrected chi connectivity index (χ3v) is 5.33. The molecule has 3 fully saturated rings. The van der Waals surface area contributed by atoms with Crippen LogP contribution in [0.5, 0.6) is 0 Å². The number of nitrogens with one attached hydrogen (secondary N) is 1. The summed E-state index contributed by atoms with van der Waals surface area (Å²) < 4.78 is 5.18. The molecule has 5 unspecified atom stereocenters. The summed E-state index contributed by atoms with van der Waals surface area (Å²) in [4.78, 5) is 10.5. The van der Waals surface area contributed by atoms with Crippen LogP contribution in [0.15, 0.2) is 0 Å². The molecule has 2 bridgehead atoms. The molecule has 0 radical (unpaired) electrons. The first-order chi connectivity index (χ1) is 8.75. The molecule has 3 rings (SSSR count). The SMILES string of the molecule is NC(=O)COCCNC1CC2CC1C1CCCC21. The molecule has 1 amide bonds. The van der Waals surface area contributed by atoms with Crippen molar-refractivity contribution in [2.24, 2.45) is 29.4 Å². The van der Waals surface area contributed by atoms with Crippen LogP contribution >= 0.6 is 0 Å². The average Bonchev–Trinajstić information content (AvgIpc) is 2.99. The Hall–Kier alpha value is -0.610. The predicted molar refractivity (Wildman–Crippen MR) is 68.8 cm³/mol. The van der Waals surface area contributed by atoms with E-state index in [0.717, 1.165) is 30.2 Å². The fraction of sp³-hybridized carbons (Fsp3) is 0.929. The normalized spacial score (nSPS) is 41.2. The van der Waals surface area contributed by atoms with Gasteiger partial charge in [0.15, 0.2) is 0 Å². The van der Waals surface area contributed by atoms with Crippen LogP contribution in [0.2, 0.25) is 0 Å². The van der Waals surface area contributed by atoms with E-state index in [1.165, 1.54) is 32.1 Å². The van der Waals surface area contributed by atoms with Crippen LogP contribution in [0.25, 0.3) is 0 Å². The van der Waals surface area contributed by atoms with Crippen LogP contribution in [0, 0.1) is 23.7 Å². The molecule has 0 heterocycles. The third-order valence-electron chi connectivity index (χ3n) is 5.33. The Morgan fingerprint density at radius 2 is 2.06 bits per heavy atom.